The minimum Gasteiger partial charge on any atom is -0.334 e. The molecule has 10 heteroatoms. The summed E-state index contributed by atoms with van der Waals surface area (Å²) in [4.78, 5) is 22.4. The maximum absolute atomic E-state index is 12.8. The molecule has 0 unspecified atom stereocenters. The summed E-state index contributed by atoms with van der Waals surface area (Å²) < 4.78 is 35.2. The molecule has 4 aromatic carbocycles. The number of amides is 1. The smallest absolute Gasteiger partial charge is 0.265 e. The third-order valence-corrected chi connectivity index (χ3v) is 8.39. The summed E-state index contributed by atoms with van der Waals surface area (Å²) in [6.07, 6.45) is 1.02. The molecule has 0 bridgehead atoms. The number of carbonyl (C=O) groups excluding carboxylic acids is 1. The molecule has 2 heterocycles. The van der Waals surface area contributed by atoms with Crippen LogP contribution in [-0.2, 0) is 16.6 Å². The molecule has 6 rings (SSSR count). The second kappa shape index (κ2) is 11.7. The van der Waals surface area contributed by atoms with Gasteiger partial charge in [-0.05, 0) is 54.8 Å². The Kier molecular flexibility index (Phi) is 7.60. The van der Waals surface area contributed by atoms with Gasteiger partial charge in [0.1, 0.15) is 5.82 Å². The lowest BCUT2D eigenvalue weighted by atomic mass is 10.1. The topological polar surface area (TPSA) is 120 Å². The molecule has 1 N–H and O–H groups in total. The zero-order chi connectivity index (χ0) is 30.0. The highest BCUT2D eigenvalue weighted by atomic mass is 32.2. The maximum atomic E-state index is 12.8. The lowest BCUT2D eigenvalue weighted by Gasteiger charge is -2.11. The zero-order valence-electron chi connectivity index (χ0n) is 23.6. The van der Waals surface area contributed by atoms with Crippen LogP contribution >= 0.6 is 0 Å². The summed E-state index contributed by atoms with van der Waals surface area (Å²) in [5.41, 5.74) is 4.24. The number of hydrogen-bond acceptors (Lipinski definition) is 7. The molecule has 1 amide bonds. The Hall–Kier alpha value is -5.09. The molecular weight excluding hydrogens is 562 g/mol. The number of sulfonamides is 1. The molecule has 0 aliphatic carbocycles. The van der Waals surface area contributed by atoms with E-state index in [0.29, 0.717) is 22.9 Å². The Bertz CT molecular complexity index is 2020. The van der Waals surface area contributed by atoms with E-state index in [4.69, 9.17) is 9.51 Å². The van der Waals surface area contributed by atoms with Crippen LogP contribution in [0.1, 0.15) is 30.6 Å². The first-order valence-electron chi connectivity index (χ1n) is 13.9. The van der Waals surface area contributed by atoms with Gasteiger partial charge in [0.15, 0.2) is 0 Å². The van der Waals surface area contributed by atoms with Crippen molar-refractivity contribution in [2.24, 2.45) is 5.92 Å². The minimum absolute atomic E-state index is 0.0000674. The third kappa shape index (κ3) is 5.96. The van der Waals surface area contributed by atoms with Crippen LogP contribution in [0.15, 0.2) is 113 Å². The fourth-order valence-electron chi connectivity index (χ4n) is 4.78. The van der Waals surface area contributed by atoms with Crippen LogP contribution in [0.4, 0.5) is 0 Å². The molecule has 43 heavy (non-hydrogen) atoms. The first-order chi connectivity index (χ1) is 20.8. The van der Waals surface area contributed by atoms with E-state index < -0.39 is 15.9 Å². The van der Waals surface area contributed by atoms with Crippen molar-refractivity contribution in [1.29, 1.82) is 0 Å². The van der Waals surface area contributed by atoms with Crippen molar-refractivity contribution in [3.05, 3.63) is 109 Å². The number of rotatable bonds is 9. The van der Waals surface area contributed by atoms with Crippen molar-refractivity contribution in [3.63, 3.8) is 0 Å². The Labute approximate surface area is 249 Å². The maximum Gasteiger partial charge on any atom is 0.265 e. The summed E-state index contributed by atoms with van der Waals surface area (Å²) in [6, 6.07) is 30.1. The molecule has 0 saturated carbocycles. The molecule has 0 aliphatic rings. The summed E-state index contributed by atoms with van der Waals surface area (Å²) in [5.74, 6) is 1.26. The normalized spacial score (nSPS) is 11.7. The molecule has 0 fully saturated rings. The van der Waals surface area contributed by atoms with Crippen molar-refractivity contribution in [2.45, 2.75) is 31.7 Å². The molecule has 216 valence electrons. The van der Waals surface area contributed by atoms with Crippen molar-refractivity contribution >= 4 is 27.0 Å². The molecule has 0 saturated heterocycles. The molecule has 2 aromatic heterocycles. The van der Waals surface area contributed by atoms with E-state index in [2.05, 4.69) is 45.4 Å². The largest absolute Gasteiger partial charge is 0.334 e. The third-order valence-electron chi connectivity index (χ3n) is 7.05. The first kappa shape index (κ1) is 28.0. The summed E-state index contributed by atoms with van der Waals surface area (Å²) in [7, 11) is -4.02. The van der Waals surface area contributed by atoms with Gasteiger partial charge in [-0.25, -0.2) is 18.1 Å². The van der Waals surface area contributed by atoms with E-state index in [1.165, 1.54) is 24.3 Å². The Balaban J connectivity index is 1.28. The minimum atomic E-state index is -4.02. The van der Waals surface area contributed by atoms with Gasteiger partial charge in [0.2, 0.25) is 5.82 Å². The van der Waals surface area contributed by atoms with Crippen LogP contribution < -0.4 is 4.72 Å². The zero-order valence-corrected chi connectivity index (χ0v) is 24.5. The molecule has 0 aliphatic heterocycles. The summed E-state index contributed by atoms with van der Waals surface area (Å²) in [5, 5.41) is 4.12. The first-order valence-corrected chi connectivity index (χ1v) is 15.4. The van der Waals surface area contributed by atoms with Gasteiger partial charge in [0, 0.05) is 28.8 Å². The number of fused-ring (bicyclic) bond motifs is 1. The van der Waals surface area contributed by atoms with Gasteiger partial charge in [-0.3, -0.25) is 4.79 Å². The average molecular weight is 592 g/mol. The van der Waals surface area contributed by atoms with Gasteiger partial charge in [-0.15, -0.1) is 0 Å². The second-order valence-electron chi connectivity index (χ2n) is 10.6. The molecule has 6 aromatic rings. The molecule has 0 atom stereocenters. The number of nitrogens with one attached hydrogen (secondary N) is 1. The number of nitrogens with zero attached hydrogens (tertiary/aromatic N) is 4. The van der Waals surface area contributed by atoms with Gasteiger partial charge in [0.25, 0.3) is 21.8 Å². The van der Waals surface area contributed by atoms with Crippen LogP contribution in [-0.4, -0.2) is 34.0 Å². The lowest BCUT2D eigenvalue weighted by molar-refractivity contribution is 0.0981. The average Bonchev–Trinajstić information content (AvgIpc) is 3.66. The number of benzene rings is 4. The van der Waals surface area contributed by atoms with Gasteiger partial charge in [-0.1, -0.05) is 79.7 Å². The Morgan fingerprint density at radius 3 is 2.30 bits per heavy atom. The number of hydrogen-bond donors (Lipinski definition) is 1. The summed E-state index contributed by atoms with van der Waals surface area (Å²) in [6.45, 7) is 5.27. The molecule has 0 spiro atoms. The number of aromatic nitrogens is 4. The summed E-state index contributed by atoms with van der Waals surface area (Å²) >= 11 is 0. The fraction of sp³-hybridized carbons (Fsp3) is 0.152. The van der Waals surface area contributed by atoms with Crippen LogP contribution in [0.2, 0.25) is 0 Å². The molecular formula is C33H29N5O4S. The van der Waals surface area contributed by atoms with Crippen LogP contribution in [0.5, 0.6) is 0 Å². The van der Waals surface area contributed by atoms with Gasteiger partial charge < -0.3 is 9.09 Å². The van der Waals surface area contributed by atoms with Gasteiger partial charge in [0.05, 0.1) is 15.9 Å². The van der Waals surface area contributed by atoms with Crippen molar-refractivity contribution in [3.8, 4) is 34.2 Å². The van der Waals surface area contributed by atoms with Crippen molar-refractivity contribution < 1.29 is 17.7 Å². The van der Waals surface area contributed by atoms with E-state index in [1.807, 2.05) is 36.4 Å². The SMILES string of the molecule is CC(C)CCn1c(-c2ccccc2)nc2cc(-c3nc(-c4cccc(C(=O)NS(=O)(=O)c5ccccc5)c4)no3)ccc21. The standard InChI is InChI=1S/C33H29N5O4S/c1-22(2)18-19-38-29-17-16-26(21-28(29)34-31(38)23-10-5-3-6-11-23)33-35-30(36-42-33)24-12-9-13-25(20-24)32(39)37-43(40,41)27-14-7-4-8-15-27/h3-17,20-22H,18-19H2,1-2H3,(H,37,39). The van der Waals surface area contributed by atoms with E-state index in [9.17, 15) is 13.2 Å². The number of aryl methyl sites for hydroxylation is 1. The van der Waals surface area contributed by atoms with E-state index >= 15 is 0 Å². The highest BCUT2D eigenvalue weighted by Gasteiger charge is 2.20. The Morgan fingerprint density at radius 2 is 1.56 bits per heavy atom. The highest BCUT2D eigenvalue weighted by Crippen LogP contribution is 2.30. The quantitative estimate of drug-likeness (QED) is 0.202. The van der Waals surface area contributed by atoms with Crippen LogP contribution in [0.25, 0.3) is 45.3 Å². The highest BCUT2D eigenvalue weighted by molar-refractivity contribution is 7.90. The predicted octanol–water partition coefficient (Wildman–Crippen LogP) is 6.59. The monoisotopic (exact) mass is 591 g/mol. The molecule has 0 radical (unpaired) electrons. The van der Waals surface area contributed by atoms with Crippen LogP contribution in [0.3, 0.4) is 0 Å². The van der Waals surface area contributed by atoms with E-state index in [1.54, 1.807) is 30.3 Å². The van der Waals surface area contributed by atoms with Crippen LogP contribution in [0, 0.1) is 5.92 Å². The number of carbonyl (C=O) groups is 1. The fourth-order valence-corrected chi connectivity index (χ4v) is 5.78. The van der Waals surface area contributed by atoms with Crippen molar-refractivity contribution in [2.75, 3.05) is 0 Å². The Morgan fingerprint density at radius 1 is 0.837 bits per heavy atom. The van der Waals surface area contributed by atoms with E-state index in [0.717, 1.165) is 35.4 Å². The van der Waals surface area contributed by atoms with Crippen molar-refractivity contribution in [1.82, 2.24) is 24.4 Å². The predicted molar refractivity (Wildman–Crippen MR) is 164 cm³/mol. The second-order valence-corrected chi connectivity index (χ2v) is 12.3. The van der Waals surface area contributed by atoms with Gasteiger partial charge in [-0.2, -0.15) is 4.98 Å². The molecule has 9 nitrogen and oxygen atoms in total. The van der Waals surface area contributed by atoms with E-state index in [-0.39, 0.29) is 16.3 Å². The number of imidazole rings is 1. The van der Waals surface area contributed by atoms with Gasteiger partial charge >= 0.3 is 0 Å². The lowest BCUT2D eigenvalue weighted by Crippen LogP contribution is -2.30.